The Kier molecular flexibility index (Phi) is 2.92. The Bertz CT molecular complexity index is 613. The molecule has 2 aromatic carbocycles. The molecular formula is C17H18O. The van der Waals surface area contributed by atoms with Crippen LogP contribution in [0.15, 0.2) is 42.5 Å². The molecule has 0 amide bonds. The molecule has 0 heterocycles. The summed E-state index contributed by atoms with van der Waals surface area (Å²) >= 11 is 0. The van der Waals surface area contributed by atoms with Gasteiger partial charge in [-0.2, -0.15) is 0 Å². The molecule has 0 saturated carbocycles. The van der Waals surface area contributed by atoms with E-state index in [0.717, 1.165) is 16.3 Å². The quantitative estimate of drug-likeness (QED) is 0.751. The first-order chi connectivity index (χ1) is 8.38. The molecule has 18 heavy (non-hydrogen) atoms. The van der Waals surface area contributed by atoms with Gasteiger partial charge in [0.15, 0.2) is 5.60 Å². The molecule has 1 heteroatoms. The largest absolute Gasteiger partial charge is 0.373 e. The van der Waals surface area contributed by atoms with Gasteiger partial charge < -0.3 is 5.11 Å². The van der Waals surface area contributed by atoms with Gasteiger partial charge in [0.05, 0.1) is 0 Å². The van der Waals surface area contributed by atoms with E-state index in [9.17, 15) is 5.11 Å². The van der Waals surface area contributed by atoms with E-state index in [-0.39, 0.29) is 0 Å². The normalized spacial score (nSPS) is 15.1. The highest BCUT2D eigenvalue weighted by atomic mass is 16.3. The molecule has 1 N–H and O–H groups in total. The van der Waals surface area contributed by atoms with Crippen molar-refractivity contribution in [1.29, 1.82) is 0 Å². The Morgan fingerprint density at radius 2 is 1.61 bits per heavy atom. The first-order valence-electron chi connectivity index (χ1n) is 6.08. The molecule has 0 radical (unpaired) electrons. The lowest BCUT2D eigenvalue weighted by Crippen LogP contribution is -2.38. The molecule has 1 atom stereocenters. The van der Waals surface area contributed by atoms with Crippen LogP contribution in [-0.2, 0) is 5.60 Å². The van der Waals surface area contributed by atoms with Gasteiger partial charge in [-0.15, -0.1) is 6.42 Å². The van der Waals surface area contributed by atoms with E-state index in [4.69, 9.17) is 6.42 Å². The lowest BCUT2D eigenvalue weighted by atomic mass is 9.72. The van der Waals surface area contributed by atoms with E-state index in [1.807, 2.05) is 63.2 Å². The maximum atomic E-state index is 10.8. The first-order valence-corrected chi connectivity index (χ1v) is 6.08. The monoisotopic (exact) mass is 238 g/mol. The minimum absolute atomic E-state index is 0.412. The fourth-order valence-corrected chi connectivity index (χ4v) is 2.15. The predicted octanol–water partition coefficient (Wildman–Crippen LogP) is 3.71. The van der Waals surface area contributed by atoms with Gasteiger partial charge >= 0.3 is 0 Å². The standard InChI is InChI=1S/C17H18O/c1-5-17(18,16(2,3)4)15-11-10-13-8-6-7-9-14(13)12-15/h1,6-12,18H,2-4H3. The molecule has 2 aromatic rings. The van der Waals surface area contributed by atoms with E-state index in [2.05, 4.69) is 5.92 Å². The van der Waals surface area contributed by atoms with Gasteiger partial charge in [0.2, 0.25) is 0 Å². The van der Waals surface area contributed by atoms with Crippen LogP contribution in [0.5, 0.6) is 0 Å². The average molecular weight is 238 g/mol. The number of hydrogen-bond acceptors (Lipinski definition) is 1. The van der Waals surface area contributed by atoms with Crippen LogP contribution >= 0.6 is 0 Å². The number of rotatable bonds is 1. The van der Waals surface area contributed by atoms with Crippen LogP contribution in [0, 0.1) is 17.8 Å². The summed E-state index contributed by atoms with van der Waals surface area (Å²) in [7, 11) is 0. The smallest absolute Gasteiger partial charge is 0.155 e. The fourth-order valence-electron chi connectivity index (χ4n) is 2.15. The summed E-state index contributed by atoms with van der Waals surface area (Å²) in [6.07, 6.45) is 5.57. The minimum atomic E-state index is -1.25. The summed E-state index contributed by atoms with van der Waals surface area (Å²) in [5.74, 6) is 2.55. The van der Waals surface area contributed by atoms with E-state index in [1.165, 1.54) is 0 Å². The third kappa shape index (κ3) is 1.89. The zero-order chi connectivity index (χ0) is 13.4. The zero-order valence-corrected chi connectivity index (χ0v) is 11.1. The Labute approximate surface area is 108 Å². The molecule has 0 spiro atoms. The van der Waals surface area contributed by atoms with Crippen LogP contribution in [0.2, 0.25) is 0 Å². The highest BCUT2D eigenvalue weighted by Crippen LogP contribution is 2.39. The maximum Gasteiger partial charge on any atom is 0.155 e. The molecule has 0 aromatic heterocycles. The Morgan fingerprint density at radius 1 is 1.00 bits per heavy atom. The van der Waals surface area contributed by atoms with Crippen molar-refractivity contribution < 1.29 is 5.11 Å². The Balaban J connectivity index is 2.64. The van der Waals surface area contributed by atoms with E-state index in [0.29, 0.717) is 0 Å². The molecule has 0 bridgehead atoms. The van der Waals surface area contributed by atoms with Crippen molar-refractivity contribution in [2.45, 2.75) is 26.4 Å². The number of fused-ring (bicyclic) bond motifs is 1. The highest BCUT2D eigenvalue weighted by Gasteiger charge is 2.40. The Hall–Kier alpha value is -1.78. The van der Waals surface area contributed by atoms with E-state index in [1.54, 1.807) is 0 Å². The van der Waals surface area contributed by atoms with Crippen molar-refractivity contribution in [1.82, 2.24) is 0 Å². The van der Waals surface area contributed by atoms with Crippen LogP contribution in [0.3, 0.4) is 0 Å². The van der Waals surface area contributed by atoms with Crippen molar-refractivity contribution in [3.8, 4) is 12.3 Å². The number of aliphatic hydroxyl groups is 1. The molecule has 0 fully saturated rings. The summed E-state index contributed by atoms with van der Waals surface area (Å²) in [6, 6.07) is 13.9. The van der Waals surface area contributed by atoms with Gasteiger partial charge in [-0.05, 0) is 22.4 Å². The van der Waals surface area contributed by atoms with Crippen molar-refractivity contribution in [3.63, 3.8) is 0 Å². The second kappa shape index (κ2) is 4.15. The summed E-state index contributed by atoms with van der Waals surface area (Å²) < 4.78 is 0. The van der Waals surface area contributed by atoms with Crippen molar-refractivity contribution >= 4 is 10.8 Å². The van der Waals surface area contributed by atoms with E-state index >= 15 is 0 Å². The fraction of sp³-hybridized carbons (Fsp3) is 0.294. The molecule has 1 nitrogen and oxygen atoms in total. The van der Waals surface area contributed by atoms with Gasteiger partial charge in [0, 0.05) is 5.41 Å². The SMILES string of the molecule is C#CC(O)(c1ccc2ccccc2c1)C(C)(C)C. The highest BCUT2D eigenvalue weighted by molar-refractivity contribution is 5.83. The molecule has 0 aliphatic carbocycles. The second-order valence-corrected chi connectivity index (χ2v) is 5.67. The maximum absolute atomic E-state index is 10.8. The zero-order valence-electron chi connectivity index (χ0n) is 11.1. The lowest BCUT2D eigenvalue weighted by Gasteiger charge is -2.36. The summed E-state index contributed by atoms with van der Waals surface area (Å²) in [4.78, 5) is 0. The minimum Gasteiger partial charge on any atom is -0.373 e. The number of benzene rings is 2. The van der Waals surface area contributed by atoms with Gasteiger partial charge in [-0.1, -0.05) is 63.1 Å². The Morgan fingerprint density at radius 3 is 2.17 bits per heavy atom. The topological polar surface area (TPSA) is 20.2 Å². The average Bonchev–Trinajstić information content (AvgIpc) is 2.35. The first kappa shape index (κ1) is 12.7. The summed E-state index contributed by atoms with van der Waals surface area (Å²) in [5, 5.41) is 13.0. The van der Waals surface area contributed by atoms with Crippen LogP contribution in [0.4, 0.5) is 0 Å². The molecule has 0 aliphatic heterocycles. The van der Waals surface area contributed by atoms with Crippen molar-refractivity contribution in [3.05, 3.63) is 48.0 Å². The molecule has 92 valence electrons. The summed E-state index contributed by atoms with van der Waals surface area (Å²) in [6.45, 7) is 5.84. The molecule has 2 rings (SSSR count). The molecule has 1 unspecified atom stereocenters. The third-order valence-electron chi connectivity index (χ3n) is 3.46. The van der Waals surface area contributed by atoms with Crippen LogP contribution in [0.25, 0.3) is 10.8 Å². The van der Waals surface area contributed by atoms with Crippen LogP contribution < -0.4 is 0 Å². The number of terminal acetylenes is 1. The van der Waals surface area contributed by atoms with Gasteiger partial charge in [0.1, 0.15) is 0 Å². The van der Waals surface area contributed by atoms with E-state index < -0.39 is 11.0 Å². The predicted molar refractivity (Wildman–Crippen MR) is 76.1 cm³/mol. The van der Waals surface area contributed by atoms with Crippen LogP contribution in [0.1, 0.15) is 26.3 Å². The molecule has 0 saturated heterocycles. The van der Waals surface area contributed by atoms with Crippen LogP contribution in [-0.4, -0.2) is 5.11 Å². The summed E-state index contributed by atoms with van der Waals surface area (Å²) in [5.41, 5.74) is -0.891. The molecular weight excluding hydrogens is 220 g/mol. The van der Waals surface area contributed by atoms with Gasteiger partial charge in [0.25, 0.3) is 0 Å². The van der Waals surface area contributed by atoms with Gasteiger partial charge in [-0.25, -0.2) is 0 Å². The third-order valence-corrected chi connectivity index (χ3v) is 3.46. The van der Waals surface area contributed by atoms with Crippen molar-refractivity contribution in [2.75, 3.05) is 0 Å². The lowest BCUT2D eigenvalue weighted by molar-refractivity contribution is -0.00874. The molecule has 0 aliphatic rings. The van der Waals surface area contributed by atoms with Gasteiger partial charge in [-0.3, -0.25) is 0 Å². The number of hydrogen-bond donors (Lipinski definition) is 1. The second-order valence-electron chi connectivity index (χ2n) is 5.67. The van der Waals surface area contributed by atoms with Crippen molar-refractivity contribution in [2.24, 2.45) is 5.41 Å².